The number of carbonyl (C=O) groups is 1. The molecule has 0 aliphatic rings. The Morgan fingerprint density at radius 1 is 1.50 bits per heavy atom. The average Bonchev–Trinajstić information content (AvgIpc) is 1.89. The zero-order chi connectivity index (χ0) is 8.41. The summed E-state index contributed by atoms with van der Waals surface area (Å²) in [4.78, 5) is 9.82. The lowest BCUT2D eigenvalue weighted by molar-refractivity contribution is -0.140. The number of hydrogen-bond acceptors (Lipinski definition) is 3. The van der Waals surface area contributed by atoms with E-state index in [0.29, 0.717) is 6.61 Å². The number of rotatable bonds is 2. The van der Waals surface area contributed by atoms with Crippen LogP contribution in [0.1, 0.15) is 20.8 Å². The lowest BCUT2D eigenvalue weighted by Crippen LogP contribution is -1.95. The molecule has 0 aromatic heterocycles. The third kappa shape index (κ3) is 24.9. The Hall–Kier alpha value is -0.180. The van der Waals surface area contributed by atoms with Gasteiger partial charge in [-0.3, -0.25) is 4.79 Å². The maximum Gasteiger partial charge on any atom is 0.302 e. The van der Waals surface area contributed by atoms with Crippen molar-refractivity contribution in [2.45, 2.75) is 20.8 Å². The molecule has 0 fully saturated rings. The van der Waals surface area contributed by atoms with Crippen LogP contribution in [0.3, 0.4) is 0 Å². The molecule has 0 saturated heterocycles. The summed E-state index contributed by atoms with van der Waals surface area (Å²) in [6.07, 6.45) is 2.10. The molecular formula is C7H16O2S. The molecule has 0 spiro atoms. The zero-order valence-electron chi connectivity index (χ0n) is 7.14. The Morgan fingerprint density at radius 2 is 1.90 bits per heavy atom. The van der Waals surface area contributed by atoms with Gasteiger partial charge in [-0.05, 0) is 18.9 Å². The van der Waals surface area contributed by atoms with Crippen molar-refractivity contribution in [2.24, 2.45) is 0 Å². The van der Waals surface area contributed by atoms with Crippen LogP contribution in [0, 0.1) is 0 Å². The molecular weight excluding hydrogens is 148 g/mol. The second-order valence-corrected chi connectivity index (χ2v) is 2.66. The third-order valence-corrected chi connectivity index (χ3v) is 1.21. The second-order valence-electron chi connectivity index (χ2n) is 1.50. The highest BCUT2D eigenvalue weighted by Crippen LogP contribution is 1.83. The largest absolute Gasteiger partial charge is 0.466 e. The van der Waals surface area contributed by atoms with Crippen LogP contribution in [-0.2, 0) is 9.53 Å². The van der Waals surface area contributed by atoms with Crippen molar-refractivity contribution in [1.29, 1.82) is 0 Å². The fourth-order valence-corrected chi connectivity index (χ4v) is 0.203. The molecule has 0 aromatic carbocycles. The lowest BCUT2D eigenvalue weighted by Gasteiger charge is -1.89. The van der Waals surface area contributed by atoms with Gasteiger partial charge in [0.15, 0.2) is 0 Å². The van der Waals surface area contributed by atoms with Crippen molar-refractivity contribution in [3.63, 3.8) is 0 Å². The molecule has 0 atom stereocenters. The van der Waals surface area contributed by atoms with E-state index in [1.165, 1.54) is 12.7 Å². The van der Waals surface area contributed by atoms with Gasteiger partial charge >= 0.3 is 5.97 Å². The quantitative estimate of drug-likeness (QED) is 0.583. The Morgan fingerprint density at radius 3 is 1.90 bits per heavy atom. The average molecular weight is 164 g/mol. The number of thioether (sulfide) groups is 1. The molecule has 0 N–H and O–H groups in total. The Balaban J connectivity index is 0. The van der Waals surface area contributed by atoms with E-state index in [9.17, 15) is 4.79 Å². The van der Waals surface area contributed by atoms with E-state index in [4.69, 9.17) is 0 Å². The van der Waals surface area contributed by atoms with E-state index in [1.54, 1.807) is 6.92 Å². The highest BCUT2D eigenvalue weighted by atomic mass is 32.2. The van der Waals surface area contributed by atoms with Crippen molar-refractivity contribution in [3.8, 4) is 0 Å². The normalized spacial score (nSPS) is 7.60. The van der Waals surface area contributed by atoms with Gasteiger partial charge in [0.05, 0.1) is 6.61 Å². The molecule has 0 bridgehead atoms. The maximum atomic E-state index is 9.82. The molecule has 0 radical (unpaired) electrons. The summed E-state index contributed by atoms with van der Waals surface area (Å²) >= 11 is 1.86. The first kappa shape index (κ1) is 12.5. The topological polar surface area (TPSA) is 26.3 Å². The molecule has 0 saturated carbocycles. The third-order valence-electron chi connectivity index (χ3n) is 0.636. The van der Waals surface area contributed by atoms with E-state index in [2.05, 4.69) is 17.9 Å². The predicted octanol–water partition coefficient (Wildman–Crippen LogP) is 1.94. The van der Waals surface area contributed by atoms with Crippen LogP contribution in [0.15, 0.2) is 0 Å². The zero-order valence-corrected chi connectivity index (χ0v) is 7.96. The number of esters is 1. The van der Waals surface area contributed by atoms with Crippen LogP contribution in [0.4, 0.5) is 0 Å². The molecule has 0 rings (SSSR count). The van der Waals surface area contributed by atoms with Crippen LogP contribution >= 0.6 is 11.8 Å². The number of carbonyl (C=O) groups excluding carboxylic acids is 1. The molecule has 0 amide bonds. The first-order chi connectivity index (χ1) is 4.68. The molecule has 0 aromatic rings. The standard InChI is InChI=1S/C4H8O2.C3H8S/c1-3-6-4(2)5;1-3-4-2/h3H2,1-2H3;3H2,1-2H3. The Bertz CT molecular complexity index is 72.0. The minimum Gasteiger partial charge on any atom is -0.466 e. The van der Waals surface area contributed by atoms with Crippen molar-refractivity contribution >= 4 is 17.7 Å². The highest BCUT2D eigenvalue weighted by Gasteiger charge is 1.81. The van der Waals surface area contributed by atoms with Crippen LogP contribution in [0.25, 0.3) is 0 Å². The first-order valence-corrected chi connectivity index (χ1v) is 4.70. The fourth-order valence-electron chi connectivity index (χ4n) is 0.203. The molecule has 0 aliphatic carbocycles. The summed E-state index contributed by atoms with van der Waals surface area (Å²) in [5.41, 5.74) is 0. The molecule has 0 heterocycles. The van der Waals surface area contributed by atoms with Gasteiger partial charge < -0.3 is 4.74 Å². The summed E-state index contributed by atoms with van der Waals surface area (Å²) in [6.45, 7) is 5.80. The van der Waals surface area contributed by atoms with Gasteiger partial charge in [0.25, 0.3) is 0 Å². The molecule has 62 valence electrons. The van der Waals surface area contributed by atoms with Crippen LogP contribution < -0.4 is 0 Å². The molecule has 2 nitrogen and oxygen atoms in total. The van der Waals surface area contributed by atoms with Crippen molar-refractivity contribution < 1.29 is 9.53 Å². The van der Waals surface area contributed by atoms with E-state index < -0.39 is 0 Å². The van der Waals surface area contributed by atoms with Gasteiger partial charge in [-0.15, -0.1) is 0 Å². The summed E-state index contributed by atoms with van der Waals surface area (Å²) in [5, 5.41) is 0. The fraction of sp³-hybridized carbons (Fsp3) is 0.857. The first-order valence-electron chi connectivity index (χ1n) is 3.31. The van der Waals surface area contributed by atoms with E-state index in [-0.39, 0.29) is 5.97 Å². The Kier molecular flexibility index (Phi) is 14.5. The van der Waals surface area contributed by atoms with Gasteiger partial charge in [0.1, 0.15) is 0 Å². The van der Waals surface area contributed by atoms with Gasteiger partial charge in [0, 0.05) is 6.92 Å². The van der Waals surface area contributed by atoms with Crippen LogP contribution in [-0.4, -0.2) is 24.6 Å². The highest BCUT2D eigenvalue weighted by molar-refractivity contribution is 7.98. The monoisotopic (exact) mass is 164 g/mol. The maximum absolute atomic E-state index is 9.82. The lowest BCUT2D eigenvalue weighted by atomic mass is 10.8. The number of hydrogen-bond donors (Lipinski definition) is 0. The molecule has 0 aliphatic heterocycles. The smallest absolute Gasteiger partial charge is 0.302 e. The summed E-state index contributed by atoms with van der Waals surface area (Å²) in [6, 6.07) is 0. The van der Waals surface area contributed by atoms with Gasteiger partial charge in [-0.1, -0.05) is 6.92 Å². The van der Waals surface area contributed by atoms with E-state index >= 15 is 0 Å². The van der Waals surface area contributed by atoms with Crippen LogP contribution in [0.2, 0.25) is 0 Å². The van der Waals surface area contributed by atoms with Gasteiger partial charge in [0.2, 0.25) is 0 Å². The van der Waals surface area contributed by atoms with Crippen molar-refractivity contribution in [1.82, 2.24) is 0 Å². The van der Waals surface area contributed by atoms with Gasteiger partial charge in [-0.2, -0.15) is 11.8 Å². The summed E-state index contributed by atoms with van der Waals surface area (Å²) < 4.78 is 4.40. The van der Waals surface area contributed by atoms with Crippen LogP contribution in [0.5, 0.6) is 0 Å². The van der Waals surface area contributed by atoms with Crippen molar-refractivity contribution in [2.75, 3.05) is 18.6 Å². The number of ether oxygens (including phenoxy) is 1. The molecule has 10 heavy (non-hydrogen) atoms. The Labute approximate surface area is 67.3 Å². The predicted molar refractivity (Wildman–Crippen MR) is 46.4 cm³/mol. The minimum atomic E-state index is -0.211. The molecule has 0 unspecified atom stereocenters. The van der Waals surface area contributed by atoms with E-state index in [0.717, 1.165) is 0 Å². The van der Waals surface area contributed by atoms with Crippen molar-refractivity contribution in [3.05, 3.63) is 0 Å². The minimum absolute atomic E-state index is 0.211. The van der Waals surface area contributed by atoms with Gasteiger partial charge in [-0.25, -0.2) is 0 Å². The molecule has 3 heteroatoms. The van der Waals surface area contributed by atoms with E-state index in [1.807, 2.05) is 11.8 Å². The SMILES string of the molecule is CCOC(C)=O.CCSC. The summed E-state index contributed by atoms with van der Waals surface area (Å²) in [5.74, 6) is 1.03. The summed E-state index contributed by atoms with van der Waals surface area (Å²) in [7, 11) is 0. The second kappa shape index (κ2) is 11.6.